The Bertz CT molecular complexity index is 541. The van der Waals surface area contributed by atoms with Crippen molar-refractivity contribution in [2.45, 2.75) is 24.3 Å². The number of hydrogen-bond acceptors (Lipinski definition) is 4. The summed E-state index contributed by atoms with van der Waals surface area (Å²) >= 11 is 1.57. The lowest BCUT2D eigenvalue weighted by Gasteiger charge is -1.98. The van der Waals surface area contributed by atoms with E-state index >= 15 is 0 Å². The summed E-state index contributed by atoms with van der Waals surface area (Å²) in [5.41, 5.74) is 1.80. The SMILES string of the molecule is CCc1nc(SCc2cccc(C#N)c2)n[nH]1. The third-order valence-corrected chi connectivity index (χ3v) is 3.19. The number of aromatic nitrogens is 3. The van der Waals surface area contributed by atoms with E-state index in [1.807, 2.05) is 25.1 Å². The second-order valence-electron chi connectivity index (χ2n) is 3.52. The zero-order chi connectivity index (χ0) is 12.1. The van der Waals surface area contributed by atoms with Crippen LogP contribution in [0.5, 0.6) is 0 Å². The van der Waals surface area contributed by atoms with Crippen molar-refractivity contribution in [3.05, 3.63) is 41.2 Å². The number of nitrogens with zero attached hydrogens (tertiary/aromatic N) is 3. The number of aryl methyl sites for hydroxylation is 1. The fourth-order valence-corrected chi connectivity index (χ4v) is 2.14. The lowest BCUT2D eigenvalue weighted by atomic mass is 10.2. The summed E-state index contributed by atoms with van der Waals surface area (Å²) < 4.78 is 0. The molecule has 0 radical (unpaired) electrons. The molecule has 0 unspecified atom stereocenters. The van der Waals surface area contributed by atoms with E-state index in [0.717, 1.165) is 28.7 Å². The average molecular weight is 244 g/mol. The summed E-state index contributed by atoms with van der Waals surface area (Å²) in [7, 11) is 0. The van der Waals surface area contributed by atoms with Crippen LogP contribution in [0.1, 0.15) is 23.9 Å². The predicted molar refractivity (Wildman–Crippen MR) is 66.5 cm³/mol. The maximum atomic E-state index is 8.80. The smallest absolute Gasteiger partial charge is 0.208 e. The summed E-state index contributed by atoms with van der Waals surface area (Å²) in [6.45, 7) is 2.03. The van der Waals surface area contributed by atoms with E-state index in [1.54, 1.807) is 17.8 Å². The minimum absolute atomic E-state index is 0.687. The summed E-state index contributed by atoms with van der Waals surface area (Å²) in [4.78, 5) is 4.32. The van der Waals surface area contributed by atoms with Crippen molar-refractivity contribution in [3.63, 3.8) is 0 Å². The Kier molecular flexibility index (Phi) is 3.78. The van der Waals surface area contributed by atoms with Crippen LogP contribution in [0.2, 0.25) is 0 Å². The van der Waals surface area contributed by atoms with Gasteiger partial charge in [0.15, 0.2) is 0 Å². The highest BCUT2D eigenvalue weighted by molar-refractivity contribution is 7.98. The molecule has 0 saturated heterocycles. The maximum Gasteiger partial charge on any atom is 0.208 e. The Hall–Kier alpha value is -1.80. The molecule has 5 heteroatoms. The van der Waals surface area contributed by atoms with E-state index in [1.165, 1.54) is 0 Å². The number of thioether (sulfide) groups is 1. The second kappa shape index (κ2) is 5.51. The van der Waals surface area contributed by atoms with Gasteiger partial charge in [0.05, 0.1) is 11.6 Å². The van der Waals surface area contributed by atoms with Gasteiger partial charge in [0.2, 0.25) is 5.16 Å². The highest BCUT2D eigenvalue weighted by Gasteiger charge is 2.03. The van der Waals surface area contributed by atoms with E-state index in [2.05, 4.69) is 21.3 Å². The van der Waals surface area contributed by atoms with E-state index in [4.69, 9.17) is 5.26 Å². The van der Waals surface area contributed by atoms with Crippen molar-refractivity contribution >= 4 is 11.8 Å². The first kappa shape index (κ1) is 11.7. The van der Waals surface area contributed by atoms with Gasteiger partial charge in [-0.1, -0.05) is 30.8 Å². The minimum atomic E-state index is 0.687. The van der Waals surface area contributed by atoms with Gasteiger partial charge in [-0.05, 0) is 17.7 Å². The lowest BCUT2D eigenvalue weighted by Crippen LogP contribution is -1.84. The summed E-state index contributed by atoms with van der Waals surface area (Å²) in [5, 5.41) is 16.5. The van der Waals surface area contributed by atoms with Gasteiger partial charge in [-0.3, -0.25) is 5.10 Å². The first-order valence-corrected chi connectivity index (χ1v) is 6.33. The molecule has 0 aliphatic heterocycles. The number of benzene rings is 1. The zero-order valence-electron chi connectivity index (χ0n) is 9.47. The number of H-pyrrole nitrogens is 1. The number of aromatic amines is 1. The van der Waals surface area contributed by atoms with Crippen molar-refractivity contribution in [1.29, 1.82) is 5.26 Å². The summed E-state index contributed by atoms with van der Waals surface area (Å²) in [6.07, 6.45) is 0.859. The molecule has 2 aromatic rings. The van der Waals surface area contributed by atoms with Gasteiger partial charge in [0, 0.05) is 12.2 Å². The van der Waals surface area contributed by atoms with Crippen molar-refractivity contribution in [3.8, 4) is 6.07 Å². The Morgan fingerprint density at radius 1 is 1.47 bits per heavy atom. The molecule has 0 aliphatic carbocycles. The Labute approximate surface area is 104 Å². The van der Waals surface area contributed by atoms with Gasteiger partial charge < -0.3 is 0 Å². The van der Waals surface area contributed by atoms with Crippen LogP contribution in [0, 0.1) is 11.3 Å². The molecular weight excluding hydrogens is 232 g/mol. The van der Waals surface area contributed by atoms with Crippen LogP contribution < -0.4 is 0 Å². The van der Waals surface area contributed by atoms with Crippen LogP contribution in [-0.4, -0.2) is 15.2 Å². The molecule has 0 amide bonds. The monoisotopic (exact) mass is 244 g/mol. The first-order chi connectivity index (χ1) is 8.31. The number of rotatable bonds is 4. The molecule has 1 N–H and O–H groups in total. The Balaban J connectivity index is 1.99. The number of nitriles is 1. The molecule has 0 saturated carbocycles. The topological polar surface area (TPSA) is 65.4 Å². The molecule has 2 rings (SSSR count). The van der Waals surface area contributed by atoms with Gasteiger partial charge in [-0.15, -0.1) is 5.10 Å². The first-order valence-electron chi connectivity index (χ1n) is 5.35. The molecule has 4 nitrogen and oxygen atoms in total. The van der Waals surface area contributed by atoms with Gasteiger partial charge in [-0.25, -0.2) is 4.98 Å². The molecular formula is C12H12N4S. The number of hydrogen-bond donors (Lipinski definition) is 1. The fourth-order valence-electron chi connectivity index (χ4n) is 1.38. The molecule has 1 aromatic carbocycles. The highest BCUT2D eigenvalue weighted by atomic mass is 32.2. The van der Waals surface area contributed by atoms with Crippen LogP contribution >= 0.6 is 11.8 Å². The Morgan fingerprint density at radius 3 is 3.06 bits per heavy atom. The molecule has 17 heavy (non-hydrogen) atoms. The molecule has 0 atom stereocenters. The second-order valence-corrected chi connectivity index (χ2v) is 4.46. The van der Waals surface area contributed by atoms with E-state index in [9.17, 15) is 0 Å². The fraction of sp³-hybridized carbons (Fsp3) is 0.250. The maximum absolute atomic E-state index is 8.80. The van der Waals surface area contributed by atoms with Crippen LogP contribution in [0.3, 0.4) is 0 Å². The van der Waals surface area contributed by atoms with E-state index in [-0.39, 0.29) is 0 Å². The van der Waals surface area contributed by atoms with Crippen molar-refractivity contribution < 1.29 is 0 Å². The highest BCUT2D eigenvalue weighted by Crippen LogP contribution is 2.19. The van der Waals surface area contributed by atoms with E-state index in [0.29, 0.717) is 5.56 Å². The molecule has 1 heterocycles. The van der Waals surface area contributed by atoms with Crippen LogP contribution in [0.15, 0.2) is 29.4 Å². The van der Waals surface area contributed by atoms with Crippen LogP contribution in [0.25, 0.3) is 0 Å². The van der Waals surface area contributed by atoms with Gasteiger partial charge >= 0.3 is 0 Å². The summed E-state index contributed by atoms with van der Waals surface area (Å²) in [5.74, 6) is 1.68. The average Bonchev–Trinajstić information content (AvgIpc) is 2.84. The van der Waals surface area contributed by atoms with Gasteiger partial charge in [-0.2, -0.15) is 5.26 Å². The third-order valence-electron chi connectivity index (χ3n) is 2.27. The quantitative estimate of drug-likeness (QED) is 0.839. The molecule has 1 aromatic heterocycles. The van der Waals surface area contributed by atoms with E-state index < -0.39 is 0 Å². The molecule has 0 spiro atoms. The molecule has 0 fully saturated rings. The molecule has 86 valence electrons. The van der Waals surface area contributed by atoms with Gasteiger partial charge in [0.25, 0.3) is 0 Å². The largest absolute Gasteiger partial charge is 0.262 e. The van der Waals surface area contributed by atoms with Gasteiger partial charge in [0.1, 0.15) is 5.82 Å². The number of nitrogens with one attached hydrogen (secondary N) is 1. The molecule has 0 aliphatic rings. The normalized spacial score (nSPS) is 10.1. The van der Waals surface area contributed by atoms with Crippen molar-refractivity contribution in [1.82, 2.24) is 15.2 Å². The lowest BCUT2D eigenvalue weighted by molar-refractivity contribution is 0.941. The minimum Gasteiger partial charge on any atom is -0.262 e. The van der Waals surface area contributed by atoms with Crippen LogP contribution in [-0.2, 0) is 12.2 Å². The summed E-state index contributed by atoms with van der Waals surface area (Å²) in [6, 6.07) is 9.72. The molecule has 0 bridgehead atoms. The van der Waals surface area contributed by atoms with Crippen LogP contribution in [0.4, 0.5) is 0 Å². The van der Waals surface area contributed by atoms with Crippen molar-refractivity contribution in [2.24, 2.45) is 0 Å². The predicted octanol–water partition coefficient (Wildman–Crippen LogP) is 2.53. The Morgan fingerprint density at radius 2 is 2.35 bits per heavy atom. The zero-order valence-corrected chi connectivity index (χ0v) is 10.3. The standard InChI is InChI=1S/C12H12N4S/c1-2-11-14-12(16-15-11)17-8-10-5-3-4-9(6-10)7-13/h3-6H,2,8H2,1H3,(H,14,15,16). The third kappa shape index (κ3) is 3.08. The van der Waals surface area contributed by atoms with Crippen molar-refractivity contribution in [2.75, 3.05) is 0 Å².